The number of hydrogen-bond acceptors (Lipinski definition) is 5. The van der Waals surface area contributed by atoms with Gasteiger partial charge in [0.1, 0.15) is 11.9 Å². The van der Waals surface area contributed by atoms with Crippen molar-refractivity contribution in [3.8, 4) is 11.8 Å². The molecule has 2 unspecified atom stereocenters. The normalized spacial score (nSPS) is 13.5. The SMILES string of the molecule is N#CC(O)C(O)c1ccccc1OCC(=O)O. The third kappa shape index (κ3) is 3.45. The number of carboxylic acids is 1. The number of benzene rings is 1. The maximum atomic E-state index is 10.4. The van der Waals surface area contributed by atoms with Crippen LogP contribution in [0.1, 0.15) is 11.7 Å². The van der Waals surface area contributed by atoms with Crippen molar-refractivity contribution >= 4 is 5.97 Å². The monoisotopic (exact) mass is 237 g/mol. The third-order valence-electron chi connectivity index (χ3n) is 2.02. The van der Waals surface area contributed by atoms with Crippen LogP contribution < -0.4 is 4.74 Å². The molecule has 0 aliphatic rings. The Labute approximate surface area is 97.3 Å². The number of para-hydroxylation sites is 1. The van der Waals surface area contributed by atoms with Crippen LogP contribution in [-0.4, -0.2) is 34.0 Å². The number of carboxylic acid groups (broad SMARTS) is 1. The number of rotatable bonds is 5. The molecule has 1 rings (SSSR count). The lowest BCUT2D eigenvalue weighted by Gasteiger charge is -2.16. The molecule has 0 saturated heterocycles. The van der Waals surface area contributed by atoms with Gasteiger partial charge in [0.25, 0.3) is 0 Å². The largest absolute Gasteiger partial charge is 0.482 e. The first kappa shape index (κ1) is 13.0. The van der Waals surface area contributed by atoms with Gasteiger partial charge in [-0.2, -0.15) is 5.26 Å². The summed E-state index contributed by atoms with van der Waals surface area (Å²) in [5.41, 5.74) is 0.169. The van der Waals surface area contributed by atoms with Gasteiger partial charge in [0.15, 0.2) is 12.7 Å². The lowest BCUT2D eigenvalue weighted by Crippen LogP contribution is -2.18. The lowest BCUT2D eigenvalue weighted by atomic mass is 10.0. The second-order valence-corrected chi connectivity index (χ2v) is 3.24. The van der Waals surface area contributed by atoms with Crippen LogP contribution in [0.2, 0.25) is 0 Å². The van der Waals surface area contributed by atoms with Crippen molar-refractivity contribution in [3.63, 3.8) is 0 Å². The average molecular weight is 237 g/mol. The van der Waals surface area contributed by atoms with Gasteiger partial charge >= 0.3 is 5.97 Å². The topological polar surface area (TPSA) is 111 Å². The highest BCUT2D eigenvalue weighted by molar-refractivity contribution is 5.68. The molecule has 2 atom stereocenters. The average Bonchev–Trinajstić information content (AvgIpc) is 2.34. The van der Waals surface area contributed by atoms with E-state index in [0.717, 1.165) is 0 Å². The molecule has 17 heavy (non-hydrogen) atoms. The summed E-state index contributed by atoms with van der Waals surface area (Å²) in [5.74, 6) is -1.04. The summed E-state index contributed by atoms with van der Waals surface area (Å²) in [6.07, 6.45) is -3.03. The van der Waals surface area contributed by atoms with Crippen LogP contribution >= 0.6 is 0 Å². The molecular weight excluding hydrogens is 226 g/mol. The van der Waals surface area contributed by atoms with Gasteiger partial charge in [-0.05, 0) is 6.07 Å². The molecule has 6 heteroatoms. The first-order valence-corrected chi connectivity index (χ1v) is 4.75. The zero-order valence-electron chi connectivity index (χ0n) is 8.78. The molecular formula is C11H11NO5. The first-order chi connectivity index (χ1) is 8.06. The maximum absolute atomic E-state index is 10.4. The second-order valence-electron chi connectivity index (χ2n) is 3.24. The van der Waals surface area contributed by atoms with Crippen molar-refractivity contribution in [2.45, 2.75) is 12.2 Å². The fourth-order valence-corrected chi connectivity index (χ4v) is 1.24. The Morgan fingerprint density at radius 3 is 2.65 bits per heavy atom. The zero-order valence-corrected chi connectivity index (χ0v) is 8.78. The van der Waals surface area contributed by atoms with Crippen LogP contribution in [0.25, 0.3) is 0 Å². The van der Waals surface area contributed by atoms with Crippen molar-refractivity contribution in [2.24, 2.45) is 0 Å². The molecule has 0 aromatic heterocycles. The highest BCUT2D eigenvalue weighted by atomic mass is 16.5. The molecule has 0 bridgehead atoms. The van der Waals surface area contributed by atoms with E-state index >= 15 is 0 Å². The summed E-state index contributed by atoms with van der Waals surface area (Å²) in [6.45, 7) is -0.563. The van der Waals surface area contributed by atoms with Gasteiger partial charge in [0, 0.05) is 5.56 Å². The van der Waals surface area contributed by atoms with E-state index in [2.05, 4.69) is 0 Å². The van der Waals surface area contributed by atoms with E-state index in [0.29, 0.717) is 0 Å². The van der Waals surface area contributed by atoms with Gasteiger partial charge in [0.05, 0.1) is 6.07 Å². The van der Waals surface area contributed by atoms with Crippen molar-refractivity contribution < 1.29 is 24.9 Å². The molecule has 0 heterocycles. The molecule has 90 valence electrons. The molecule has 0 radical (unpaired) electrons. The molecule has 0 aliphatic heterocycles. The van der Waals surface area contributed by atoms with Crippen LogP contribution in [0.15, 0.2) is 24.3 Å². The molecule has 0 amide bonds. The van der Waals surface area contributed by atoms with Crippen molar-refractivity contribution in [1.29, 1.82) is 5.26 Å². The fraction of sp³-hybridized carbons (Fsp3) is 0.273. The Kier molecular flexibility index (Phi) is 4.46. The standard InChI is InChI=1S/C11H11NO5/c12-5-8(13)11(16)7-3-1-2-4-9(7)17-6-10(14)15/h1-4,8,11,13,16H,6H2,(H,14,15). The number of ether oxygens (including phenoxy) is 1. The Balaban J connectivity index is 2.91. The van der Waals surface area contributed by atoms with E-state index < -0.39 is 24.8 Å². The molecule has 1 aromatic carbocycles. The van der Waals surface area contributed by atoms with Gasteiger partial charge in [-0.1, -0.05) is 18.2 Å². The van der Waals surface area contributed by atoms with Gasteiger partial charge in [0.2, 0.25) is 0 Å². The molecule has 0 aliphatic carbocycles. The van der Waals surface area contributed by atoms with Crippen LogP contribution in [-0.2, 0) is 4.79 Å². The van der Waals surface area contributed by atoms with Crippen LogP contribution in [0.5, 0.6) is 5.75 Å². The van der Waals surface area contributed by atoms with E-state index in [1.54, 1.807) is 12.1 Å². The van der Waals surface area contributed by atoms with Gasteiger partial charge in [-0.15, -0.1) is 0 Å². The highest BCUT2D eigenvalue weighted by Gasteiger charge is 2.21. The maximum Gasteiger partial charge on any atom is 0.341 e. The van der Waals surface area contributed by atoms with E-state index in [9.17, 15) is 15.0 Å². The Morgan fingerprint density at radius 1 is 1.41 bits per heavy atom. The molecule has 0 fully saturated rings. The number of hydrogen-bond donors (Lipinski definition) is 3. The number of carbonyl (C=O) groups is 1. The van der Waals surface area contributed by atoms with Crippen molar-refractivity contribution in [1.82, 2.24) is 0 Å². The van der Waals surface area contributed by atoms with E-state index in [-0.39, 0.29) is 11.3 Å². The van der Waals surface area contributed by atoms with E-state index in [1.165, 1.54) is 18.2 Å². The number of nitriles is 1. The summed E-state index contributed by atoms with van der Waals surface area (Å²) in [7, 11) is 0. The predicted octanol–water partition coefficient (Wildman–Crippen LogP) is 0.0679. The van der Waals surface area contributed by atoms with E-state index in [1.807, 2.05) is 0 Å². The minimum absolute atomic E-state index is 0.122. The minimum atomic E-state index is -1.59. The summed E-state index contributed by atoms with van der Waals surface area (Å²) in [4.78, 5) is 10.4. The molecule has 6 nitrogen and oxygen atoms in total. The van der Waals surface area contributed by atoms with Gasteiger partial charge in [-0.3, -0.25) is 0 Å². The zero-order chi connectivity index (χ0) is 12.8. The first-order valence-electron chi connectivity index (χ1n) is 4.75. The smallest absolute Gasteiger partial charge is 0.341 e. The van der Waals surface area contributed by atoms with Crippen LogP contribution in [0.4, 0.5) is 0 Å². The van der Waals surface area contributed by atoms with E-state index in [4.69, 9.17) is 15.1 Å². The Hall–Kier alpha value is -2.10. The number of aliphatic hydroxyl groups is 2. The van der Waals surface area contributed by atoms with Crippen LogP contribution in [0.3, 0.4) is 0 Å². The summed E-state index contributed by atoms with van der Waals surface area (Å²) < 4.78 is 4.93. The summed E-state index contributed by atoms with van der Waals surface area (Å²) >= 11 is 0. The second kappa shape index (κ2) is 5.84. The quantitative estimate of drug-likeness (QED) is 0.625. The highest BCUT2D eigenvalue weighted by Crippen LogP contribution is 2.26. The molecule has 0 saturated carbocycles. The summed E-state index contributed by atoms with van der Waals surface area (Å²) in [5, 5.41) is 35.8. The number of aliphatic carboxylic acids is 1. The molecule has 3 N–H and O–H groups in total. The third-order valence-corrected chi connectivity index (χ3v) is 2.02. The molecule has 0 spiro atoms. The van der Waals surface area contributed by atoms with Crippen LogP contribution in [0, 0.1) is 11.3 Å². The lowest BCUT2D eigenvalue weighted by molar-refractivity contribution is -0.139. The Morgan fingerprint density at radius 2 is 2.06 bits per heavy atom. The summed E-state index contributed by atoms with van der Waals surface area (Å²) in [6, 6.07) is 7.55. The number of aliphatic hydroxyl groups excluding tert-OH is 2. The van der Waals surface area contributed by atoms with Gasteiger partial charge < -0.3 is 20.1 Å². The predicted molar refractivity (Wildman–Crippen MR) is 56.2 cm³/mol. The Bertz CT molecular complexity index is 440. The number of nitrogens with zero attached hydrogens (tertiary/aromatic N) is 1. The minimum Gasteiger partial charge on any atom is -0.482 e. The van der Waals surface area contributed by atoms with Crippen molar-refractivity contribution in [2.75, 3.05) is 6.61 Å². The molecule has 1 aromatic rings. The van der Waals surface area contributed by atoms with Crippen molar-refractivity contribution in [3.05, 3.63) is 29.8 Å². The van der Waals surface area contributed by atoms with Gasteiger partial charge in [-0.25, -0.2) is 4.79 Å². The fourth-order valence-electron chi connectivity index (χ4n) is 1.24.